The van der Waals surface area contributed by atoms with Crippen LogP contribution in [0.15, 0.2) is 48.5 Å². The summed E-state index contributed by atoms with van der Waals surface area (Å²) in [4.78, 5) is 12.6. The van der Waals surface area contributed by atoms with Gasteiger partial charge in [-0.3, -0.25) is 10.1 Å². The van der Waals surface area contributed by atoms with Gasteiger partial charge < -0.3 is 14.8 Å². The van der Waals surface area contributed by atoms with Gasteiger partial charge in [0.15, 0.2) is 5.11 Å². The molecule has 0 aliphatic heterocycles. The Morgan fingerprint density at radius 3 is 2.46 bits per heavy atom. The van der Waals surface area contributed by atoms with E-state index in [0.29, 0.717) is 17.9 Å². The van der Waals surface area contributed by atoms with Crippen LogP contribution in [0.5, 0.6) is 11.5 Å². The molecule has 28 heavy (non-hydrogen) atoms. The maximum absolute atomic E-state index is 12.6. The Hall–Kier alpha value is -2.60. The van der Waals surface area contributed by atoms with Crippen molar-refractivity contribution in [3.8, 4) is 11.5 Å². The zero-order chi connectivity index (χ0) is 20.4. The van der Waals surface area contributed by atoms with E-state index in [0.717, 1.165) is 30.7 Å². The average Bonchev–Trinajstić information content (AvgIpc) is 2.66. The summed E-state index contributed by atoms with van der Waals surface area (Å²) in [6, 6.07) is 14.6. The van der Waals surface area contributed by atoms with Crippen LogP contribution < -0.4 is 20.1 Å². The fourth-order valence-corrected chi connectivity index (χ4v) is 2.75. The number of para-hydroxylation sites is 1. The SMILES string of the molecule is CCCCCOc1ccccc1C(=O)NC(=S)Nc1ccc(OC(C)C)cc1. The van der Waals surface area contributed by atoms with Gasteiger partial charge in [0.1, 0.15) is 11.5 Å². The third kappa shape index (κ3) is 7.19. The summed E-state index contributed by atoms with van der Waals surface area (Å²) >= 11 is 5.27. The Morgan fingerprint density at radius 1 is 1.07 bits per heavy atom. The molecule has 0 aliphatic rings. The minimum Gasteiger partial charge on any atom is -0.493 e. The molecule has 0 spiro atoms. The van der Waals surface area contributed by atoms with Crippen LogP contribution in [-0.2, 0) is 0 Å². The van der Waals surface area contributed by atoms with Gasteiger partial charge in [-0.25, -0.2) is 0 Å². The van der Waals surface area contributed by atoms with Crippen LogP contribution >= 0.6 is 12.2 Å². The smallest absolute Gasteiger partial charge is 0.261 e. The molecule has 0 fully saturated rings. The molecule has 0 saturated heterocycles. The molecular weight excluding hydrogens is 372 g/mol. The maximum Gasteiger partial charge on any atom is 0.261 e. The summed E-state index contributed by atoms with van der Waals surface area (Å²) in [6.07, 6.45) is 3.30. The lowest BCUT2D eigenvalue weighted by atomic mass is 10.2. The average molecular weight is 401 g/mol. The first kappa shape index (κ1) is 21.7. The highest BCUT2D eigenvalue weighted by Crippen LogP contribution is 2.19. The van der Waals surface area contributed by atoms with E-state index >= 15 is 0 Å². The van der Waals surface area contributed by atoms with Crippen LogP contribution in [0.1, 0.15) is 50.4 Å². The van der Waals surface area contributed by atoms with Crippen molar-refractivity contribution in [3.05, 3.63) is 54.1 Å². The lowest BCUT2D eigenvalue weighted by molar-refractivity contribution is 0.0973. The van der Waals surface area contributed by atoms with E-state index < -0.39 is 0 Å². The highest BCUT2D eigenvalue weighted by atomic mass is 32.1. The van der Waals surface area contributed by atoms with E-state index in [1.807, 2.05) is 44.2 Å². The van der Waals surface area contributed by atoms with Crippen LogP contribution in [0, 0.1) is 0 Å². The van der Waals surface area contributed by atoms with E-state index in [9.17, 15) is 4.79 Å². The zero-order valence-electron chi connectivity index (χ0n) is 16.7. The minimum atomic E-state index is -0.302. The monoisotopic (exact) mass is 400 g/mol. The summed E-state index contributed by atoms with van der Waals surface area (Å²) in [6.45, 7) is 6.68. The predicted molar refractivity (Wildman–Crippen MR) is 117 cm³/mol. The number of nitrogens with one attached hydrogen (secondary N) is 2. The molecule has 0 bridgehead atoms. The molecule has 6 heteroatoms. The fourth-order valence-electron chi connectivity index (χ4n) is 2.54. The molecule has 2 N–H and O–H groups in total. The Balaban J connectivity index is 1.92. The summed E-state index contributed by atoms with van der Waals surface area (Å²) in [7, 11) is 0. The van der Waals surface area contributed by atoms with Crippen molar-refractivity contribution in [1.82, 2.24) is 5.32 Å². The second-order valence-electron chi connectivity index (χ2n) is 6.65. The van der Waals surface area contributed by atoms with Crippen molar-refractivity contribution >= 4 is 28.9 Å². The molecule has 0 saturated carbocycles. The molecule has 0 aliphatic carbocycles. The largest absolute Gasteiger partial charge is 0.493 e. The van der Waals surface area contributed by atoms with Crippen molar-refractivity contribution < 1.29 is 14.3 Å². The second kappa shape index (κ2) is 11.3. The minimum absolute atomic E-state index is 0.114. The number of benzene rings is 2. The molecule has 0 atom stereocenters. The first-order valence-corrected chi connectivity index (χ1v) is 10.0. The number of amides is 1. The Kier molecular flexibility index (Phi) is 8.75. The van der Waals surface area contributed by atoms with Gasteiger partial charge in [0.2, 0.25) is 0 Å². The second-order valence-corrected chi connectivity index (χ2v) is 7.06. The van der Waals surface area contributed by atoms with Gasteiger partial charge in [-0.05, 0) is 68.9 Å². The van der Waals surface area contributed by atoms with Gasteiger partial charge in [-0.1, -0.05) is 31.9 Å². The first-order valence-electron chi connectivity index (χ1n) is 9.60. The number of unbranched alkanes of at least 4 members (excludes halogenated alkanes) is 2. The van der Waals surface area contributed by atoms with Gasteiger partial charge in [0, 0.05) is 5.69 Å². The van der Waals surface area contributed by atoms with E-state index in [-0.39, 0.29) is 17.1 Å². The van der Waals surface area contributed by atoms with Crippen molar-refractivity contribution in [3.63, 3.8) is 0 Å². The van der Waals surface area contributed by atoms with Crippen LogP contribution in [0.4, 0.5) is 5.69 Å². The summed E-state index contributed by atoms with van der Waals surface area (Å²) in [5, 5.41) is 5.93. The number of rotatable bonds is 9. The van der Waals surface area contributed by atoms with E-state index in [1.165, 1.54) is 0 Å². The molecule has 0 unspecified atom stereocenters. The molecule has 0 heterocycles. The van der Waals surface area contributed by atoms with Crippen LogP contribution in [0.25, 0.3) is 0 Å². The molecule has 5 nitrogen and oxygen atoms in total. The topological polar surface area (TPSA) is 59.6 Å². The molecule has 2 aromatic carbocycles. The first-order chi connectivity index (χ1) is 13.5. The lowest BCUT2D eigenvalue weighted by Crippen LogP contribution is -2.34. The van der Waals surface area contributed by atoms with Crippen LogP contribution in [-0.4, -0.2) is 23.7 Å². The fraction of sp³-hybridized carbons (Fsp3) is 0.364. The molecule has 150 valence electrons. The number of carbonyl (C=O) groups is 1. The van der Waals surface area contributed by atoms with E-state index in [1.54, 1.807) is 18.2 Å². The third-order valence-electron chi connectivity index (χ3n) is 3.85. The van der Waals surface area contributed by atoms with E-state index in [2.05, 4.69) is 17.6 Å². The highest BCUT2D eigenvalue weighted by molar-refractivity contribution is 7.80. The molecule has 2 rings (SSSR count). The maximum atomic E-state index is 12.6. The summed E-state index contributed by atoms with van der Waals surface area (Å²) in [5.74, 6) is 1.04. The Labute approximate surface area is 172 Å². The van der Waals surface area contributed by atoms with Crippen molar-refractivity contribution in [2.24, 2.45) is 0 Å². The van der Waals surface area contributed by atoms with Gasteiger partial charge in [-0.15, -0.1) is 0 Å². The molecular formula is C22H28N2O3S. The number of ether oxygens (including phenoxy) is 2. The third-order valence-corrected chi connectivity index (χ3v) is 4.05. The zero-order valence-corrected chi connectivity index (χ0v) is 17.5. The summed E-state index contributed by atoms with van der Waals surface area (Å²) < 4.78 is 11.4. The van der Waals surface area contributed by atoms with Gasteiger partial charge in [-0.2, -0.15) is 0 Å². The Morgan fingerprint density at radius 2 is 1.79 bits per heavy atom. The van der Waals surface area contributed by atoms with E-state index in [4.69, 9.17) is 21.7 Å². The number of carbonyl (C=O) groups excluding carboxylic acids is 1. The highest BCUT2D eigenvalue weighted by Gasteiger charge is 2.13. The molecule has 0 radical (unpaired) electrons. The Bertz CT molecular complexity index is 776. The van der Waals surface area contributed by atoms with Crippen LogP contribution in [0.2, 0.25) is 0 Å². The standard InChI is InChI=1S/C22H28N2O3S/c1-4-5-8-15-26-20-10-7-6-9-19(20)21(25)24-22(28)23-17-11-13-18(14-12-17)27-16(2)3/h6-7,9-14,16H,4-5,8,15H2,1-3H3,(H2,23,24,25,28). The number of anilines is 1. The van der Waals surface area contributed by atoms with Crippen molar-refractivity contribution in [2.75, 3.05) is 11.9 Å². The number of hydrogen-bond donors (Lipinski definition) is 2. The molecule has 0 aromatic heterocycles. The van der Waals surface area contributed by atoms with Crippen LogP contribution in [0.3, 0.4) is 0 Å². The quantitative estimate of drug-likeness (QED) is 0.449. The van der Waals surface area contributed by atoms with Gasteiger partial charge in [0.05, 0.1) is 18.3 Å². The normalized spacial score (nSPS) is 10.4. The number of hydrogen-bond acceptors (Lipinski definition) is 4. The predicted octanol–water partition coefficient (Wildman–Crippen LogP) is 5.17. The molecule has 1 amide bonds. The molecule has 2 aromatic rings. The lowest BCUT2D eigenvalue weighted by Gasteiger charge is -2.14. The number of thiocarbonyl (C=S) groups is 1. The summed E-state index contributed by atoms with van der Waals surface area (Å²) in [5.41, 5.74) is 1.23. The van der Waals surface area contributed by atoms with Gasteiger partial charge >= 0.3 is 0 Å². The van der Waals surface area contributed by atoms with Crippen molar-refractivity contribution in [2.45, 2.75) is 46.1 Å². The van der Waals surface area contributed by atoms with Gasteiger partial charge in [0.25, 0.3) is 5.91 Å². The van der Waals surface area contributed by atoms with Crippen molar-refractivity contribution in [1.29, 1.82) is 0 Å².